The molecule has 4 nitrogen and oxygen atoms in total. The number of sulfonamides is 1. The fourth-order valence-corrected chi connectivity index (χ4v) is 4.94. The van der Waals surface area contributed by atoms with Crippen LogP contribution in [0, 0.1) is 13.8 Å². The second kappa shape index (κ2) is 6.41. The van der Waals surface area contributed by atoms with E-state index in [0.29, 0.717) is 24.4 Å². The summed E-state index contributed by atoms with van der Waals surface area (Å²) < 4.78 is 27.5. The molecule has 0 spiro atoms. The third-order valence-electron chi connectivity index (χ3n) is 5.22. The number of hydrogen-bond acceptors (Lipinski definition) is 2. The zero-order valence-electron chi connectivity index (χ0n) is 15.0. The number of aromatic amines is 1. The van der Waals surface area contributed by atoms with Gasteiger partial charge >= 0.3 is 0 Å². The minimum absolute atomic E-state index is 0.379. The molecule has 1 N–H and O–H groups in total. The van der Waals surface area contributed by atoms with E-state index in [0.717, 1.165) is 16.6 Å². The van der Waals surface area contributed by atoms with E-state index in [1.165, 1.54) is 16.5 Å². The van der Waals surface area contributed by atoms with E-state index in [1.54, 1.807) is 16.4 Å². The van der Waals surface area contributed by atoms with Gasteiger partial charge in [-0.2, -0.15) is 4.31 Å². The summed E-state index contributed by atoms with van der Waals surface area (Å²) in [6.45, 7) is 4.84. The third kappa shape index (κ3) is 2.87. The van der Waals surface area contributed by atoms with Gasteiger partial charge in [0.25, 0.3) is 0 Å². The largest absolute Gasteiger partial charge is 0.361 e. The zero-order valence-corrected chi connectivity index (χ0v) is 15.8. The Hall–Kier alpha value is -2.37. The predicted octanol–water partition coefficient (Wildman–Crippen LogP) is 4.26. The Morgan fingerprint density at radius 3 is 2.58 bits per heavy atom. The Morgan fingerprint density at radius 1 is 1.04 bits per heavy atom. The van der Waals surface area contributed by atoms with Gasteiger partial charge in [0.1, 0.15) is 0 Å². The second-order valence-electron chi connectivity index (χ2n) is 6.84. The second-order valence-corrected chi connectivity index (χ2v) is 8.77. The Kier molecular flexibility index (Phi) is 4.21. The molecular weight excluding hydrogens is 344 g/mol. The van der Waals surface area contributed by atoms with Gasteiger partial charge < -0.3 is 4.98 Å². The van der Waals surface area contributed by atoms with Gasteiger partial charge in [-0.3, -0.25) is 0 Å². The summed E-state index contributed by atoms with van der Waals surface area (Å²) in [6.07, 6.45) is 4.77. The van der Waals surface area contributed by atoms with Gasteiger partial charge in [-0.05, 0) is 55.2 Å². The summed E-state index contributed by atoms with van der Waals surface area (Å²) in [5, 5.41) is 1.18. The van der Waals surface area contributed by atoms with Gasteiger partial charge in [0, 0.05) is 35.8 Å². The highest BCUT2D eigenvalue weighted by Crippen LogP contribution is 2.31. The first-order valence-electron chi connectivity index (χ1n) is 8.80. The maximum Gasteiger partial charge on any atom is 0.243 e. The van der Waals surface area contributed by atoms with E-state index in [4.69, 9.17) is 0 Å². The number of nitrogens with one attached hydrogen (secondary N) is 1. The highest BCUT2D eigenvalue weighted by atomic mass is 32.2. The molecule has 1 aliphatic rings. The first kappa shape index (κ1) is 17.1. The van der Waals surface area contributed by atoms with Crippen LogP contribution in [-0.2, 0) is 10.0 Å². The van der Waals surface area contributed by atoms with Crippen LogP contribution in [0.15, 0.2) is 59.6 Å². The first-order valence-corrected chi connectivity index (χ1v) is 10.2. The van der Waals surface area contributed by atoms with Crippen LogP contribution in [0.3, 0.4) is 0 Å². The van der Waals surface area contributed by atoms with E-state index in [1.807, 2.05) is 44.3 Å². The van der Waals surface area contributed by atoms with E-state index in [-0.39, 0.29) is 0 Å². The molecule has 26 heavy (non-hydrogen) atoms. The number of rotatable bonds is 3. The van der Waals surface area contributed by atoms with Crippen molar-refractivity contribution in [2.24, 2.45) is 0 Å². The molecule has 0 atom stereocenters. The SMILES string of the molecule is Cc1ccc(S(=O)(=O)N2CC=C(c3c[nH]c4ccccc34)CC2)cc1C. The van der Waals surface area contributed by atoms with Crippen molar-refractivity contribution in [2.45, 2.75) is 25.2 Å². The number of para-hydroxylation sites is 1. The van der Waals surface area contributed by atoms with Gasteiger partial charge in [0.2, 0.25) is 10.0 Å². The monoisotopic (exact) mass is 366 g/mol. The average molecular weight is 366 g/mol. The van der Waals surface area contributed by atoms with E-state index >= 15 is 0 Å². The number of aromatic nitrogens is 1. The molecule has 0 bridgehead atoms. The average Bonchev–Trinajstić information content (AvgIpc) is 3.08. The molecule has 4 rings (SSSR count). The fraction of sp³-hybridized carbons (Fsp3) is 0.238. The number of aryl methyl sites for hydroxylation is 2. The highest BCUT2D eigenvalue weighted by Gasteiger charge is 2.27. The molecule has 0 amide bonds. The lowest BCUT2D eigenvalue weighted by Crippen LogP contribution is -2.34. The van der Waals surface area contributed by atoms with Gasteiger partial charge in [-0.1, -0.05) is 30.3 Å². The molecule has 0 saturated heterocycles. The molecule has 3 aromatic rings. The van der Waals surface area contributed by atoms with Crippen molar-refractivity contribution in [3.63, 3.8) is 0 Å². The predicted molar refractivity (Wildman–Crippen MR) is 106 cm³/mol. The van der Waals surface area contributed by atoms with Crippen molar-refractivity contribution in [3.8, 4) is 0 Å². The summed E-state index contributed by atoms with van der Waals surface area (Å²) in [7, 11) is -3.46. The van der Waals surface area contributed by atoms with E-state index < -0.39 is 10.0 Å². The van der Waals surface area contributed by atoms with Crippen molar-refractivity contribution < 1.29 is 8.42 Å². The van der Waals surface area contributed by atoms with Crippen molar-refractivity contribution >= 4 is 26.5 Å². The van der Waals surface area contributed by atoms with Crippen molar-refractivity contribution in [1.82, 2.24) is 9.29 Å². The molecule has 0 unspecified atom stereocenters. The lowest BCUT2D eigenvalue weighted by molar-refractivity contribution is 0.441. The Balaban J connectivity index is 1.61. The van der Waals surface area contributed by atoms with Crippen LogP contribution in [-0.4, -0.2) is 30.8 Å². The minimum atomic E-state index is -3.46. The standard InChI is InChI=1S/C21H22N2O2S/c1-15-7-8-18(13-16(15)2)26(24,25)23-11-9-17(10-12-23)20-14-22-21-6-4-3-5-19(20)21/h3-9,13-14,22H,10-12H2,1-2H3. The first-order chi connectivity index (χ1) is 12.5. The molecule has 5 heteroatoms. The molecule has 0 saturated carbocycles. The molecule has 2 aromatic carbocycles. The van der Waals surface area contributed by atoms with Crippen molar-refractivity contribution in [2.75, 3.05) is 13.1 Å². The maximum absolute atomic E-state index is 12.9. The summed E-state index contributed by atoms with van der Waals surface area (Å²) in [5.41, 5.74) is 5.58. The Bertz CT molecular complexity index is 1110. The third-order valence-corrected chi connectivity index (χ3v) is 7.08. The maximum atomic E-state index is 12.9. The summed E-state index contributed by atoms with van der Waals surface area (Å²) >= 11 is 0. The van der Waals surface area contributed by atoms with Gasteiger partial charge in [0.15, 0.2) is 0 Å². The van der Waals surface area contributed by atoms with E-state index in [9.17, 15) is 8.42 Å². The topological polar surface area (TPSA) is 53.2 Å². The van der Waals surface area contributed by atoms with Crippen molar-refractivity contribution in [3.05, 3.63) is 71.4 Å². The molecule has 2 heterocycles. The van der Waals surface area contributed by atoms with Crippen LogP contribution < -0.4 is 0 Å². The molecule has 0 aliphatic carbocycles. The lowest BCUT2D eigenvalue weighted by atomic mass is 10.00. The number of hydrogen-bond donors (Lipinski definition) is 1. The molecule has 0 radical (unpaired) electrons. The number of nitrogens with zero attached hydrogens (tertiary/aromatic N) is 1. The van der Waals surface area contributed by atoms with Crippen LogP contribution in [0.4, 0.5) is 0 Å². The molecule has 134 valence electrons. The quantitative estimate of drug-likeness (QED) is 0.753. The Morgan fingerprint density at radius 2 is 1.85 bits per heavy atom. The number of fused-ring (bicyclic) bond motifs is 1. The van der Waals surface area contributed by atoms with Crippen LogP contribution in [0.2, 0.25) is 0 Å². The fourth-order valence-electron chi connectivity index (χ4n) is 3.47. The summed E-state index contributed by atoms with van der Waals surface area (Å²) in [6, 6.07) is 13.5. The minimum Gasteiger partial charge on any atom is -0.361 e. The smallest absolute Gasteiger partial charge is 0.243 e. The molecule has 1 aliphatic heterocycles. The molecule has 1 aromatic heterocycles. The number of H-pyrrole nitrogens is 1. The van der Waals surface area contributed by atoms with Gasteiger partial charge in [-0.25, -0.2) is 8.42 Å². The van der Waals surface area contributed by atoms with Gasteiger partial charge in [0.05, 0.1) is 4.90 Å². The molecule has 0 fully saturated rings. The summed E-state index contributed by atoms with van der Waals surface area (Å²) in [4.78, 5) is 3.67. The summed E-state index contributed by atoms with van der Waals surface area (Å²) in [5.74, 6) is 0. The van der Waals surface area contributed by atoms with Crippen molar-refractivity contribution in [1.29, 1.82) is 0 Å². The normalized spacial score (nSPS) is 16.0. The zero-order chi connectivity index (χ0) is 18.3. The van der Waals surface area contributed by atoms with Crippen LogP contribution in [0.5, 0.6) is 0 Å². The van der Waals surface area contributed by atoms with E-state index in [2.05, 4.69) is 17.1 Å². The Labute approximate surface area is 154 Å². The lowest BCUT2D eigenvalue weighted by Gasteiger charge is -2.26. The van der Waals surface area contributed by atoms with Crippen LogP contribution in [0.25, 0.3) is 16.5 Å². The van der Waals surface area contributed by atoms with Crippen LogP contribution >= 0.6 is 0 Å². The van der Waals surface area contributed by atoms with Crippen LogP contribution in [0.1, 0.15) is 23.1 Å². The highest BCUT2D eigenvalue weighted by molar-refractivity contribution is 7.89. The number of benzene rings is 2. The van der Waals surface area contributed by atoms with Gasteiger partial charge in [-0.15, -0.1) is 0 Å². The molecular formula is C21H22N2O2S.